The second kappa shape index (κ2) is 6.11. The Kier molecular flexibility index (Phi) is 4.24. The van der Waals surface area contributed by atoms with Gasteiger partial charge in [0.05, 0.1) is 12.1 Å². The summed E-state index contributed by atoms with van der Waals surface area (Å²) in [4.78, 5) is 12.3. The summed E-state index contributed by atoms with van der Waals surface area (Å²) in [5.41, 5.74) is 0.609. The molecule has 3 rings (SSSR count). The number of ether oxygens (including phenoxy) is 1. The number of furan rings is 1. The van der Waals surface area contributed by atoms with E-state index in [9.17, 15) is 18.0 Å². The average Bonchev–Trinajstić information content (AvgIpc) is 3.20. The normalized spacial score (nSPS) is 15.7. The molecule has 2 N–H and O–H groups in total. The maximum Gasteiger partial charge on any atom is 0.573 e. The standard InChI is InChI=1S/C17H16F3NO4/c1-10-11(9-22)8-14(24-10)15(23)21-16(6-7-16)12-2-4-13(5-3-12)25-17(18,19)20/h2-5,8,22H,6-7,9H2,1H3,(H,21,23). The van der Waals surface area contributed by atoms with Crippen molar-refractivity contribution in [2.45, 2.75) is 38.3 Å². The number of halogens is 3. The quantitative estimate of drug-likeness (QED) is 0.862. The Hall–Kier alpha value is -2.48. The number of benzene rings is 1. The number of hydrogen-bond acceptors (Lipinski definition) is 4. The lowest BCUT2D eigenvalue weighted by molar-refractivity contribution is -0.274. The van der Waals surface area contributed by atoms with E-state index in [1.165, 1.54) is 30.3 Å². The summed E-state index contributed by atoms with van der Waals surface area (Å²) in [6.45, 7) is 1.42. The van der Waals surface area contributed by atoms with E-state index in [1.54, 1.807) is 6.92 Å². The zero-order valence-electron chi connectivity index (χ0n) is 13.3. The number of amides is 1. The number of carbonyl (C=O) groups excluding carboxylic acids is 1. The molecule has 2 aromatic rings. The third-order valence-corrected chi connectivity index (χ3v) is 4.16. The molecule has 1 heterocycles. The van der Waals surface area contributed by atoms with Crippen LogP contribution in [0.1, 0.15) is 40.3 Å². The molecule has 1 fully saturated rings. The molecule has 1 aromatic heterocycles. The van der Waals surface area contributed by atoms with Crippen LogP contribution in [0, 0.1) is 6.92 Å². The van der Waals surface area contributed by atoms with Gasteiger partial charge in [0.2, 0.25) is 0 Å². The number of hydrogen-bond donors (Lipinski definition) is 2. The fraction of sp³-hybridized carbons (Fsp3) is 0.353. The summed E-state index contributed by atoms with van der Waals surface area (Å²) in [5, 5.41) is 12.0. The molecule has 25 heavy (non-hydrogen) atoms. The van der Waals surface area contributed by atoms with Gasteiger partial charge in [0, 0.05) is 5.56 Å². The molecule has 5 nitrogen and oxygen atoms in total. The predicted octanol–water partition coefficient (Wildman–Crippen LogP) is 3.40. The Bertz CT molecular complexity index is 776. The third-order valence-electron chi connectivity index (χ3n) is 4.16. The van der Waals surface area contributed by atoms with E-state index in [4.69, 9.17) is 9.52 Å². The van der Waals surface area contributed by atoms with Crippen molar-refractivity contribution in [2.24, 2.45) is 0 Å². The molecule has 1 aromatic carbocycles. The first kappa shape index (κ1) is 17.3. The second-order valence-corrected chi connectivity index (χ2v) is 5.96. The van der Waals surface area contributed by atoms with Gasteiger partial charge >= 0.3 is 6.36 Å². The van der Waals surface area contributed by atoms with Gasteiger partial charge in [-0.1, -0.05) is 12.1 Å². The highest BCUT2D eigenvalue weighted by molar-refractivity contribution is 5.92. The number of nitrogens with one attached hydrogen (secondary N) is 1. The minimum Gasteiger partial charge on any atom is -0.456 e. The van der Waals surface area contributed by atoms with Crippen LogP contribution in [-0.4, -0.2) is 17.4 Å². The number of carbonyl (C=O) groups is 1. The van der Waals surface area contributed by atoms with Crippen molar-refractivity contribution < 1.29 is 32.2 Å². The smallest absolute Gasteiger partial charge is 0.456 e. The van der Waals surface area contributed by atoms with Gasteiger partial charge in [-0.15, -0.1) is 13.2 Å². The van der Waals surface area contributed by atoms with Crippen molar-refractivity contribution >= 4 is 5.91 Å². The number of aryl methyl sites for hydroxylation is 1. The van der Waals surface area contributed by atoms with Crippen LogP contribution in [0.2, 0.25) is 0 Å². The maximum atomic E-state index is 12.3. The molecular formula is C17H16F3NO4. The van der Waals surface area contributed by atoms with E-state index >= 15 is 0 Å². The lowest BCUT2D eigenvalue weighted by Crippen LogP contribution is -2.34. The molecule has 134 valence electrons. The summed E-state index contributed by atoms with van der Waals surface area (Å²) in [6.07, 6.45) is -3.40. The third kappa shape index (κ3) is 3.79. The molecule has 0 aliphatic heterocycles. The summed E-state index contributed by atoms with van der Waals surface area (Å²) in [6, 6.07) is 6.91. The van der Waals surface area contributed by atoms with Gasteiger partial charge in [0.25, 0.3) is 5.91 Å². The Labute approximate surface area is 141 Å². The number of aliphatic hydroxyl groups excluding tert-OH is 1. The highest BCUT2D eigenvalue weighted by Crippen LogP contribution is 2.46. The minimum absolute atomic E-state index is 0.0878. The lowest BCUT2D eigenvalue weighted by Gasteiger charge is -2.18. The van der Waals surface area contributed by atoms with Gasteiger partial charge in [-0.05, 0) is 43.5 Å². The maximum absolute atomic E-state index is 12.3. The minimum atomic E-state index is -4.74. The van der Waals surface area contributed by atoms with Gasteiger partial charge in [-0.3, -0.25) is 4.79 Å². The van der Waals surface area contributed by atoms with Crippen molar-refractivity contribution in [1.82, 2.24) is 5.32 Å². The summed E-state index contributed by atoms with van der Waals surface area (Å²) < 4.78 is 45.8. The first-order chi connectivity index (χ1) is 11.7. The summed E-state index contributed by atoms with van der Waals surface area (Å²) in [7, 11) is 0. The van der Waals surface area contributed by atoms with Crippen LogP contribution in [0.3, 0.4) is 0 Å². The van der Waals surface area contributed by atoms with Gasteiger partial charge < -0.3 is 19.6 Å². The average molecular weight is 355 g/mol. The van der Waals surface area contributed by atoms with Crippen LogP contribution in [-0.2, 0) is 12.1 Å². The fourth-order valence-electron chi connectivity index (χ4n) is 2.65. The fourth-order valence-corrected chi connectivity index (χ4v) is 2.65. The SMILES string of the molecule is Cc1oc(C(=O)NC2(c3ccc(OC(F)(F)F)cc3)CC2)cc1CO. The molecule has 0 radical (unpaired) electrons. The van der Waals surface area contributed by atoms with Crippen molar-refractivity contribution in [2.75, 3.05) is 0 Å². The second-order valence-electron chi connectivity index (χ2n) is 5.96. The Morgan fingerprint density at radius 2 is 1.96 bits per heavy atom. The largest absolute Gasteiger partial charge is 0.573 e. The zero-order valence-corrected chi connectivity index (χ0v) is 13.3. The molecule has 1 saturated carbocycles. The molecule has 0 atom stereocenters. The molecule has 0 bridgehead atoms. The Morgan fingerprint density at radius 3 is 2.44 bits per heavy atom. The zero-order chi connectivity index (χ0) is 18.2. The molecule has 1 aliphatic rings. The van der Waals surface area contributed by atoms with Crippen molar-refractivity contribution in [1.29, 1.82) is 0 Å². The van der Waals surface area contributed by atoms with Crippen molar-refractivity contribution in [3.05, 3.63) is 53.0 Å². The number of rotatable bonds is 5. The highest BCUT2D eigenvalue weighted by atomic mass is 19.4. The van der Waals surface area contributed by atoms with Crippen LogP contribution >= 0.6 is 0 Å². The molecule has 0 saturated heterocycles. The van der Waals surface area contributed by atoms with Crippen molar-refractivity contribution in [3.63, 3.8) is 0 Å². The molecule has 0 unspecified atom stereocenters. The van der Waals surface area contributed by atoms with E-state index in [0.717, 1.165) is 0 Å². The van der Waals surface area contributed by atoms with E-state index in [2.05, 4.69) is 10.1 Å². The topological polar surface area (TPSA) is 71.7 Å². The molecule has 1 aliphatic carbocycles. The van der Waals surface area contributed by atoms with Gasteiger partial charge in [-0.25, -0.2) is 0 Å². The van der Waals surface area contributed by atoms with Gasteiger partial charge in [0.1, 0.15) is 11.5 Å². The van der Waals surface area contributed by atoms with Gasteiger partial charge in [-0.2, -0.15) is 0 Å². The number of aliphatic hydroxyl groups is 1. The first-order valence-corrected chi connectivity index (χ1v) is 7.61. The van der Waals surface area contributed by atoms with E-state index in [0.29, 0.717) is 29.7 Å². The van der Waals surface area contributed by atoms with Crippen LogP contribution in [0.25, 0.3) is 0 Å². The highest BCUT2D eigenvalue weighted by Gasteiger charge is 2.46. The van der Waals surface area contributed by atoms with E-state index < -0.39 is 17.8 Å². The Balaban J connectivity index is 1.72. The van der Waals surface area contributed by atoms with E-state index in [1.807, 2.05) is 0 Å². The molecule has 8 heteroatoms. The predicted molar refractivity (Wildman–Crippen MR) is 80.9 cm³/mol. The lowest BCUT2D eigenvalue weighted by atomic mass is 10.0. The van der Waals surface area contributed by atoms with Crippen LogP contribution < -0.4 is 10.1 Å². The Morgan fingerprint density at radius 1 is 1.32 bits per heavy atom. The molecular weight excluding hydrogens is 339 g/mol. The van der Waals surface area contributed by atoms with E-state index in [-0.39, 0.29) is 18.1 Å². The van der Waals surface area contributed by atoms with Crippen LogP contribution in [0.4, 0.5) is 13.2 Å². The van der Waals surface area contributed by atoms with Crippen LogP contribution in [0.15, 0.2) is 34.7 Å². The van der Waals surface area contributed by atoms with Gasteiger partial charge in [0.15, 0.2) is 5.76 Å². The van der Waals surface area contributed by atoms with Crippen LogP contribution in [0.5, 0.6) is 5.75 Å². The number of alkyl halides is 3. The van der Waals surface area contributed by atoms with Crippen molar-refractivity contribution in [3.8, 4) is 5.75 Å². The summed E-state index contributed by atoms with van der Waals surface area (Å²) in [5.74, 6) is -0.195. The monoisotopic (exact) mass is 355 g/mol. The molecule has 1 amide bonds. The molecule has 0 spiro atoms. The first-order valence-electron chi connectivity index (χ1n) is 7.61. The summed E-state index contributed by atoms with van der Waals surface area (Å²) >= 11 is 0.